The van der Waals surface area contributed by atoms with Crippen LogP contribution in [0.15, 0.2) is 66.7 Å². The summed E-state index contributed by atoms with van der Waals surface area (Å²) >= 11 is 6.11. The zero-order chi connectivity index (χ0) is 21.3. The van der Waals surface area contributed by atoms with E-state index in [-0.39, 0.29) is 5.91 Å². The van der Waals surface area contributed by atoms with E-state index in [2.05, 4.69) is 5.32 Å². The highest BCUT2D eigenvalue weighted by Gasteiger charge is 2.09. The molecule has 0 aliphatic heterocycles. The maximum absolute atomic E-state index is 12.5. The molecule has 0 atom stereocenters. The second-order valence-electron chi connectivity index (χ2n) is 7.11. The molecule has 3 aromatic rings. The van der Waals surface area contributed by atoms with Crippen LogP contribution in [0.3, 0.4) is 0 Å². The summed E-state index contributed by atoms with van der Waals surface area (Å²) in [6, 6.07) is 20.6. The summed E-state index contributed by atoms with van der Waals surface area (Å²) in [5, 5.41) is 3.52. The molecule has 0 radical (unpaired) electrons. The molecule has 1 N–H and O–H groups in total. The molecule has 0 saturated carbocycles. The van der Waals surface area contributed by atoms with Gasteiger partial charge in [-0.05, 0) is 86.3 Å². The first-order valence-corrected chi connectivity index (χ1v) is 10.4. The van der Waals surface area contributed by atoms with Crippen molar-refractivity contribution in [2.75, 3.05) is 18.5 Å². The Labute approximate surface area is 182 Å². The molecule has 3 rings (SSSR count). The van der Waals surface area contributed by atoms with Crippen molar-refractivity contribution in [3.8, 4) is 11.5 Å². The Kier molecular flexibility index (Phi) is 7.75. The Morgan fingerprint density at radius 3 is 2.23 bits per heavy atom. The highest BCUT2D eigenvalue weighted by molar-refractivity contribution is 6.31. The van der Waals surface area contributed by atoms with Gasteiger partial charge in [0.2, 0.25) is 0 Å². The number of carbonyl (C=O) groups is 1. The van der Waals surface area contributed by atoms with E-state index in [0.29, 0.717) is 29.5 Å². The third kappa shape index (κ3) is 6.26. The van der Waals surface area contributed by atoms with Gasteiger partial charge in [0.15, 0.2) is 0 Å². The molecule has 0 aromatic heterocycles. The van der Waals surface area contributed by atoms with Gasteiger partial charge in [-0.3, -0.25) is 4.79 Å². The molecule has 0 heterocycles. The minimum Gasteiger partial charge on any atom is -0.494 e. The minimum atomic E-state index is -0.180. The third-order valence-corrected chi connectivity index (χ3v) is 5.11. The van der Waals surface area contributed by atoms with E-state index in [0.717, 1.165) is 29.9 Å². The highest BCUT2D eigenvalue weighted by atomic mass is 35.5. The summed E-state index contributed by atoms with van der Waals surface area (Å²) in [5.41, 5.74) is 3.31. The van der Waals surface area contributed by atoms with Gasteiger partial charge in [-0.2, -0.15) is 0 Å². The summed E-state index contributed by atoms with van der Waals surface area (Å²) in [6.45, 7) is 5.19. The summed E-state index contributed by atoms with van der Waals surface area (Å²) in [5.74, 6) is 1.46. The van der Waals surface area contributed by atoms with Gasteiger partial charge >= 0.3 is 0 Å². The van der Waals surface area contributed by atoms with E-state index in [1.165, 1.54) is 5.56 Å². The number of anilines is 1. The average Bonchev–Trinajstić information content (AvgIpc) is 2.74. The van der Waals surface area contributed by atoms with Crippen LogP contribution in [0.25, 0.3) is 0 Å². The first-order valence-electron chi connectivity index (χ1n) is 10.0. The van der Waals surface area contributed by atoms with E-state index in [1.54, 1.807) is 18.2 Å². The first-order chi connectivity index (χ1) is 14.5. The number of carbonyl (C=O) groups excluding carboxylic acids is 1. The number of hydrogen-bond acceptors (Lipinski definition) is 3. The van der Waals surface area contributed by atoms with Crippen LogP contribution >= 0.6 is 11.6 Å². The van der Waals surface area contributed by atoms with Crippen LogP contribution in [0.4, 0.5) is 5.69 Å². The average molecular weight is 424 g/mol. The molecule has 4 nitrogen and oxygen atoms in total. The third-order valence-electron chi connectivity index (χ3n) is 4.70. The lowest BCUT2D eigenvalue weighted by Gasteiger charge is -2.10. The quantitative estimate of drug-likeness (QED) is 0.402. The molecule has 0 unspecified atom stereocenters. The number of aryl methyl sites for hydroxylation is 1. The highest BCUT2D eigenvalue weighted by Crippen LogP contribution is 2.23. The van der Waals surface area contributed by atoms with Crippen LogP contribution in [0, 0.1) is 13.8 Å². The maximum Gasteiger partial charge on any atom is 0.255 e. The predicted octanol–water partition coefficient (Wildman–Crippen LogP) is 6.45. The normalized spacial score (nSPS) is 10.5. The number of rotatable bonds is 9. The lowest BCUT2D eigenvalue weighted by atomic mass is 10.1. The molecular weight excluding hydrogens is 398 g/mol. The summed E-state index contributed by atoms with van der Waals surface area (Å²) in [4.78, 5) is 12.5. The fraction of sp³-hybridized carbons (Fsp3) is 0.240. The van der Waals surface area contributed by atoms with Gasteiger partial charge in [0, 0.05) is 16.3 Å². The smallest absolute Gasteiger partial charge is 0.255 e. The zero-order valence-electron chi connectivity index (χ0n) is 17.3. The van der Waals surface area contributed by atoms with Crippen LogP contribution in [0.1, 0.15) is 34.3 Å². The molecule has 0 spiro atoms. The second-order valence-corrected chi connectivity index (χ2v) is 7.52. The van der Waals surface area contributed by atoms with Crippen molar-refractivity contribution in [1.82, 2.24) is 0 Å². The molecule has 0 aliphatic rings. The number of halogens is 1. The Morgan fingerprint density at radius 2 is 1.53 bits per heavy atom. The van der Waals surface area contributed by atoms with Crippen molar-refractivity contribution in [2.24, 2.45) is 0 Å². The zero-order valence-corrected chi connectivity index (χ0v) is 18.0. The largest absolute Gasteiger partial charge is 0.494 e. The van der Waals surface area contributed by atoms with E-state index in [9.17, 15) is 4.79 Å². The summed E-state index contributed by atoms with van der Waals surface area (Å²) in [6.07, 6.45) is 1.80. The summed E-state index contributed by atoms with van der Waals surface area (Å²) in [7, 11) is 0. The molecule has 3 aromatic carbocycles. The molecule has 5 heteroatoms. The van der Waals surface area contributed by atoms with Gasteiger partial charge in [0.25, 0.3) is 5.91 Å². The molecule has 0 aliphatic carbocycles. The van der Waals surface area contributed by atoms with Gasteiger partial charge in [-0.15, -0.1) is 0 Å². The summed E-state index contributed by atoms with van der Waals surface area (Å²) < 4.78 is 11.5. The van der Waals surface area contributed by atoms with Gasteiger partial charge in [-0.25, -0.2) is 0 Å². The minimum absolute atomic E-state index is 0.180. The SMILES string of the molecule is Cc1cccc(OCCCCOc2ccc(C(=O)Nc3cccc(Cl)c3C)cc2)c1. The molecule has 0 bridgehead atoms. The van der Waals surface area contributed by atoms with Gasteiger partial charge in [0.1, 0.15) is 11.5 Å². The van der Waals surface area contributed by atoms with Crippen molar-refractivity contribution in [1.29, 1.82) is 0 Å². The fourth-order valence-corrected chi connectivity index (χ4v) is 3.10. The van der Waals surface area contributed by atoms with E-state index in [4.69, 9.17) is 21.1 Å². The predicted molar refractivity (Wildman–Crippen MR) is 122 cm³/mol. The molecular formula is C25H26ClNO3. The fourth-order valence-electron chi connectivity index (χ4n) is 2.93. The number of hydrogen-bond donors (Lipinski definition) is 1. The Balaban J connectivity index is 1.40. The molecule has 0 fully saturated rings. The number of amides is 1. The van der Waals surface area contributed by atoms with Crippen molar-refractivity contribution in [3.63, 3.8) is 0 Å². The monoisotopic (exact) mass is 423 g/mol. The Bertz CT molecular complexity index is 986. The second kappa shape index (κ2) is 10.7. The number of benzene rings is 3. The Morgan fingerprint density at radius 1 is 0.867 bits per heavy atom. The van der Waals surface area contributed by atoms with Crippen LogP contribution in [-0.2, 0) is 0 Å². The first kappa shape index (κ1) is 21.7. The van der Waals surface area contributed by atoms with Gasteiger partial charge in [-0.1, -0.05) is 29.8 Å². The number of ether oxygens (including phenoxy) is 2. The van der Waals surface area contributed by atoms with Crippen molar-refractivity contribution >= 4 is 23.2 Å². The lowest BCUT2D eigenvalue weighted by Crippen LogP contribution is -2.12. The van der Waals surface area contributed by atoms with E-state index >= 15 is 0 Å². The van der Waals surface area contributed by atoms with Crippen molar-refractivity contribution in [3.05, 3.63) is 88.4 Å². The maximum atomic E-state index is 12.5. The molecule has 156 valence electrons. The van der Waals surface area contributed by atoms with Crippen molar-refractivity contribution < 1.29 is 14.3 Å². The molecule has 0 saturated heterocycles. The number of unbranched alkanes of at least 4 members (excludes halogenated alkanes) is 1. The van der Waals surface area contributed by atoms with Crippen LogP contribution in [-0.4, -0.2) is 19.1 Å². The van der Waals surface area contributed by atoms with Crippen LogP contribution in [0.2, 0.25) is 5.02 Å². The number of nitrogens with one attached hydrogen (secondary N) is 1. The van der Waals surface area contributed by atoms with Crippen LogP contribution < -0.4 is 14.8 Å². The van der Waals surface area contributed by atoms with Crippen molar-refractivity contribution in [2.45, 2.75) is 26.7 Å². The lowest BCUT2D eigenvalue weighted by molar-refractivity contribution is 0.102. The molecule has 30 heavy (non-hydrogen) atoms. The van der Waals surface area contributed by atoms with E-state index in [1.807, 2.05) is 62.4 Å². The standard InChI is InChI=1S/C25H26ClNO3/c1-18-7-5-8-22(17-18)30-16-4-3-15-29-21-13-11-20(12-14-21)25(28)27-24-10-6-9-23(26)19(24)2/h5-14,17H,3-4,15-16H2,1-2H3,(H,27,28). The van der Waals surface area contributed by atoms with Crippen LogP contribution in [0.5, 0.6) is 11.5 Å². The van der Waals surface area contributed by atoms with Gasteiger partial charge in [0.05, 0.1) is 13.2 Å². The van der Waals surface area contributed by atoms with Gasteiger partial charge < -0.3 is 14.8 Å². The topological polar surface area (TPSA) is 47.6 Å². The Hall–Kier alpha value is -2.98. The molecule has 1 amide bonds. The van der Waals surface area contributed by atoms with E-state index < -0.39 is 0 Å².